The van der Waals surface area contributed by atoms with Gasteiger partial charge < -0.3 is 9.47 Å². The van der Waals surface area contributed by atoms with E-state index in [2.05, 4.69) is 20.8 Å². The Morgan fingerprint density at radius 3 is 2.06 bits per heavy atom. The Kier molecular flexibility index (Phi) is 15.0. The van der Waals surface area contributed by atoms with Gasteiger partial charge in [-0.15, -0.1) is 0 Å². The number of hydrogen-bond acceptors (Lipinski definition) is 6. The Hall–Kier alpha value is -1.15. The summed E-state index contributed by atoms with van der Waals surface area (Å²) in [6.45, 7) is 11.1. The van der Waals surface area contributed by atoms with E-state index in [9.17, 15) is 18.0 Å². The number of esters is 2. The van der Waals surface area contributed by atoms with Crippen LogP contribution in [0.25, 0.3) is 0 Å². The third-order valence-electron chi connectivity index (χ3n) is 5.03. The summed E-state index contributed by atoms with van der Waals surface area (Å²) in [5.41, 5.74) is 0.240. The van der Waals surface area contributed by atoms with E-state index in [1.807, 2.05) is 0 Å². The molecule has 0 saturated carbocycles. The van der Waals surface area contributed by atoms with E-state index >= 15 is 0 Å². The minimum Gasteiger partial charge on any atom is -0.466 e. The Morgan fingerprint density at radius 2 is 1.52 bits per heavy atom. The highest BCUT2D eigenvalue weighted by molar-refractivity contribution is 7.88. The first-order valence-corrected chi connectivity index (χ1v) is 13.5. The van der Waals surface area contributed by atoms with Gasteiger partial charge in [-0.1, -0.05) is 33.6 Å². The zero-order valence-electron chi connectivity index (χ0n) is 20.6. The number of ether oxygens (including phenoxy) is 2. The van der Waals surface area contributed by atoms with Crippen molar-refractivity contribution in [3.05, 3.63) is 0 Å². The van der Waals surface area contributed by atoms with E-state index in [4.69, 9.17) is 9.47 Å². The molecule has 0 aromatic carbocycles. The largest absolute Gasteiger partial charge is 0.466 e. The molecule has 0 aromatic rings. The first-order valence-electron chi connectivity index (χ1n) is 11.6. The van der Waals surface area contributed by atoms with E-state index in [1.165, 1.54) is 17.5 Å². The Bertz CT molecular complexity index is 612. The van der Waals surface area contributed by atoms with Gasteiger partial charge >= 0.3 is 11.9 Å². The number of rotatable bonds is 17. The summed E-state index contributed by atoms with van der Waals surface area (Å²) in [5, 5.41) is 0. The van der Waals surface area contributed by atoms with E-state index < -0.39 is 10.0 Å². The van der Waals surface area contributed by atoms with Crippen molar-refractivity contribution in [1.82, 2.24) is 4.31 Å². The first kappa shape index (κ1) is 29.9. The summed E-state index contributed by atoms with van der Waals surface area (Å²) in [5.74, 6) is -0.464. The van der Waals surface area contributed by atoms with Crippen molar-refractivity contribution < 1.29 is 27.5 Å². The number of nitrogens with zero attached hydrogens (tertiary/aromatic N) is 1. The highest BCUT2D eigenvalue weighted by atomic mass is 32.2. The van der Waals surface area contributed by atoms with Crippen LogP contribution >= 0.6 is 0 Å². The van der Waals surface area contributed by atoms with Crippen LogP contribution in [-0.2, 0) is 29.1 Å². The SMILES string of the molecule is CCOC(=O)CCCCCCN(CCCC(CCCC(C)(C)C)OC(C)=O)S(C)(=O)=O. The molecule has 184 valence electrons. The predicted octanol–water partition coefficient (Wildman–Crippen LogP) is 4.69. The molecule has 0 rings (SSSR count). The van der Waals surface area contributed by atoms with Crippen molar-refractivity contribution in [3.63, 3.8) is 0 Å². The van der Waals surface area contributed by atoms with Crippen LogP contribution in [0, 0.1) is 5.41 Å². The summed E-state index contributed by atoms with van der Waals surface area (Å²) in [6, 6.07) is 0. The summed E-state index contributed by atoms with van der Waals surface area (Å²) >= 11 is 0. The van der Waals surface area contributed by atoms with E-state index in [-0.39, 0.29) is 23.5 Å². The molecular formula is C23H45NO6S. The highest BCUT2D eigenvalue weighted by Gasteiger charge is 2.19. The van der Waals surface area contributed by atoms with Crippen LogP contribution < -0.4 is 0 Å². The van der Waals surface area contributed by atoms with Crippen molar-refractivity contribution in [1.29, 1.82) is 0 Å². The lowest BCUT2D eigenvalue weighted by atomic mass is 9.89. The molecule has 0 radical (unpaired) electrons. The lowest BCUT2D eigenvalue weighted by Gasteiger charge is -2.23. The van der Waals surface area contributed by atoms with Crippen LogP contribution in [-0.4, -0.2) is 56.7 Å². The Morgan fingerprint density at radius 1 is 0.935 bits per heavy atom. The van der Waals surface area contributed by atoms with Crippen molar-refractivity contribution >= 4 is 22.0 Å². The molecule has 7 nitrogen and oxygen atoms in total. The third-order valence-corrected chi connectivity index (χ3v) is 6.34. The van der Waals surface area contributed by atoms with E-state index in [1.54, 1.807) is 6.92 Å². The zero-order valence-corrected chi connectivity index (χ0v) is 21.4. The molecule has 0 N–H and O–H groups in total. The number of sulfonamides is 1. The van der Waals surface area contributed by atoms with Crippen LogP contribution in [0.5, 0.6) is 0 Å². The molecule has 1 unspecified atom stereocenters. The normalized spacial score (nSPS) is 13.3. The molecule has 0 spiro atoms. The monoisotopic (exact) mass is 463 g/mol. The van der Waals surface area contributed by atoms with E-state index in [0.29, 0.717) is 39.0 Å². The maximum atomic E-state index is 12.1. The summed E-state index contributed by atoms with van der Waals surface area (Å²) < 4.78 is 36.1. The zero-order chi connectivity index (χ0) is 23.9. The van der Waals surface area contributed by atoms with Gasteiger partial charge in [-0.3, -0.25) is 9.59 Å². The Labute approximate surface area is 190 Å². The standard InChI is InChI=1S/C23H45NO6S/c1-7-29-22(26)16-10-8-9-11-18-24(31(6,27)28)19-13-15-21(30-20(2)25)14-12-17-23(3,4)5/h21H,7-19H2,1-6H3. The highest BCUT2D eigenvalue weighted by Crippen LogP contribution is 2.23. The quantitative estimate of drug-likeness (QED) is 0.230. The number of hydrogen-bond donors (Lipinski definition) is 0. The second kappa shape index (κ2) is 15.6. The van der Waals surface area contributed by atoms with Gasteiger partial charge in [0.15, 0.2) is 0 Å². The summed E-state index contributed by atoms with van der Waals surface area (Å²) in [4.78, 5) is 22.7. The second-order valence-electron chi connectivity index (χ2n) is 9.46. The average molecular weight is 464 g/mol. The molecule has 0 bridgehead atoms. The fraction of sp³-hybridized carbons (Fsp3) is 0.913. The van der Waals surface area contributed by atoms with Gasteiger partial charge in [0, 0.05) is 26.4 Å². The lowest BCUT2D eigenvalue weighted by molar-refractivity contribution is -0.147. The summed E-state index contributed by atoms with van der Waals surface area (Å²) in [6.07, 6.45) is 8.90. The lowest BCUT2D eigenvalue weighted by Crippen LogP contribution is -2.32. The number of carbonyl (C=O) groups is 2. The van der Waals surface area contributed by atoms with Gasteiger partial charge in [-0.25, -0.2) is 12.7 Å². The number of unbranched alkanes of at least 4 members (excludes halogenated alkanes) is 3. The first-order chi connectivity index (χ1) is 14.3. The molecule has 0 heterocycles. The molecule has 8 heteroatoms. The molecule has 0 fully saturated rings. The third kappa shape index (κ3) is 18.2. The van der Waals surface area contributed by atoms with Crippen molar-refractivity contribution in [2.45, 2.75) is 105 Å². The molecule has 0 aliphatic heterocycles. The molecule has 31 heavy (non-hydrogen) atoms. The predicted molar refractivity (Wildman–Crippen MR) is 124 cm³/mol. The molecule has 0 saturated heterocycles. The van der Waals surface area contributed by atoms with Crippen LogP contribution in [0.1, 0.15) is 98.8 Å². The van der Waals surface area contributed by atoms with Gasteiger partial charge in [-0.2, -0.15) is 0 Å². The Balaban J connectivity index is 4.37. The fourth-order valence-corrected chi connectivity index (χ4v) is 4.36. The molecule has 0 amide bonds. The minimum absolute atomic E-state index is 0.163. The smallest absolute Gasteiger partial charge is 0.305 e. The maximum absolute atomic E-state index is 12.1. The summed E-state index contributed by atoms with van der Waals surface area (Å²) in [7, 11) is -3.28. The molecular weight excluding hydrogens is 418 g/mol. The van der Waals surface area contributed by atoms with Gasteiger partial charge in [0.1, 0.15) is 6.10 Å². The molecule has 1 atom stereocenters. The van der Waals surface area contributed by atoms with Gasteiger partial charge in [0.25, 0.3) is 0 Å². The van der Waals surface area contributed by atoms with Gasteiger partial charge in [0.2, 0.25) is 10.0 Å². The molecule has 0 aliphatic rings. The number of carbonyl (C=O) groups excluding carboxylic acids is 2. The van der Waals surface area contributed by atoms with Crippen molar-refractivity contribution in [2.75, 3.05) is 26.0 Å². The van der Waals surface area contributed by atoms with Crippen LogP contribution in [0.4, 0.5) is 0 Å². The van der Waals surface area contributed by atoms with Crippen molar-refractivity contribution in [2.24, 2.45) is 5.41 Å². The van der Waals surface area contributed by atoms with Crippen LogP contribution in [0.2, 0.25) is 0 Å². The average Bonchev–Trinajstić information content (AvgIpc) is 2.60. The minimum atomic E-state index is -3.28. The second-order valence-corrected chi connectivity index (χ2v) is 11.4. The maximum Gasteiger partial charge on any atom is 0.305 e. The molecule has 0 aromatic heterocycles. The van der Waals surface area contributed by atoms with Crippen LogP contribution in [0.3, 0.4) is 0 Å². The van der Waals surface area contributed by atoms with Crippen molar-refractivity contribution in [3.8, 4) is 0 Å². The van der Waals surface area contributed by atoms with Gasteiger partial charge in [0.05, 0.1) is 12.9 Å². The molecule has 0 aliphatic carbocycles. The topological polar surface area (TPSA) is 90.0 Å². The van der Waals surface area contributed by atoms with E-state index in [0.717, 1.165) is 44.9 Å². The fourth-order valence-electron chi connectivity index (χ4n) is 3.44. The van der Waals surface area contributed by atoms with Gasteiger partial charge in [-0.05, 0) is 57.3 Å². The van der Waals surface area contributed by atoms with Crippen LogP contribution in [0.15, 0.2) is 0 Å².